The first-order valence-corrected chi connectivity index (χ1v) is 9.60. The second kappa shape index (κ2) is 10.8. The lowest BCUT2D eigenvalue weighted by atomic mass is 10.0. The summed E-state index contributed by atoms with van der Waals surface area (Å²) in [5.41, 5.74) is 15.1. The fourth-order valence-electron chi connectivity index (χ4n) is 3.03. The standard InChI is InChI=1S/C18H17NO4.C4H8N2O2/c1-11(17(20)21)19-18(22)23-10-13-6-4-8-15-14-7-3-2-5-12(14)9-16(13)15;5-3(7)1-2-4(6)8/h2-8,11H,9-10H2,1H3,(H,19,22)(H,20,21);1-2H2,(H2,5,7)(H2,6,8)/t11-;/m0./s1. The Morgan fingerprint density at radius 3 is 2.23 bits per heavy atom. The topological polar surface area (TPSA) is 162 Å². The number of amides is 3. The van der Waals surface area contributed by atoms with Crippen LogP contribution in [0.2, 0.25) is 0 Å². The molecule has 0 fully saturated rings. The molecule has 3 rings (SSSR count). The van der Waals surface area contributed by atoms with Crippen LogP contribution in [0.3, 0.4) is 0 Å². The van der Waals surface area contributed by atoms with Gasteiger partial charge in [-0.2, -0.15) is 0 Å². The molecular formula is C22H25N3O6. The van der Waals surface area contributed by atoms with Crippen LogP contribution in [0.25, 0.3) is 11.1 Å². The highest BCUT2D eigenvalue weighted by Gasteiger charge is 2.21. The van der Waals surface area contributed by atoms with E-state index in [9.17, 15) is 19.2 Å². The monoisotopic (exact) mass is 427 g/mol. The van der Waals surface area contributed by atoms with Crippen LogP contribution in [0.4, 0.5) is 4.79 Å². The molecule has 1 atom stereocenters. The summed E-state index contributed by atoms with van der Waals surface area (Å²) >= 11 is 0. The lowest BCUT2D eigenvalue weighted by Gasteiger charge is -2.12. The van der Waals surface area contributed by atoms with E-state index in [1.807, 2.05) is 24.3 Å². The second-order valence-corrected chi connectivity index (χ2v) is 6.99. The van der Waals surface area contributed by atoms with E-state index >= 15 is 0 Å². The largest absolute Gasteiger partial charge is 0.480 e. The Hall–Kier alpha value is -3.88. The van der Waals surface area contributed by atoms with E-state index in [1.165, 1.54) is 23.6 Å². The number of nitrogens with two attached hydrogens (primary N) is 2. The molecule has 1 aliphatic rings. The van der Waals surface area contributed by atoms with Gasteiger partial charge < -0.3 is 26.6 Å². The van der Waals surface area contributed by atoms with E-state index < -0.39 is 29.9 Å². The zero-order valence-electron chi connectivity index (χ0n) is 17.1. The highest BCUT2D eigenvalue weighted by atomic mass is 16.5. The van der Waals surface area contributed by atoms with E-state index in [0.717, 1.165) is 17.5 Å². The fourth-order valence-corrected chi connectivity index (χ4v) is 3.03. The van der Waals surface area contributed by atoms with Crippen LogP contribution >= 0.6 is 0 Å². The molecule has 0 radical (unpaired) electrons. The maximum Gasteiger partial charge on any atom is 0.408 e. The second-order valence-electron chi connectivity index (χ2n) is 6.99. The van der Waals surface area contributed by atoms with Gasteiger partial charge in [-0.15, -0.1) is 0 Å². The first-order valence-electron chi connectivity index (χ1n) is 9.60. The van der Waals surface area contributed by atoms with Crippen molar-refractivity contribution in [2.45, 2.75) is 38.8 Å². The highest BCUT2D eigenvalue weighted by Crippen LogP contribution is 2.38. The predicted molar refractivity (Wildman–Crippen MR) is 113 cm³/mol. The van der Waals surface area contributed by atoms with E-state index in [4.69, 9.17) is 21.3 Å². The SMILES string of the molecule is C[C@H](NC(=O)OCc1cccc2c1Cc1ccccc1-2)C(=O)O.NC(=O)CCC(N)=O. The Balaban J connectivity index is 0.000000366. The molecule has 0 unspecified atom stereocenters. The summed E-state index contributed by atoms with van der Waals surface area (Å²) < 4.78 is 5.16. The van der Waals surface area contributed by atoms with Gasteiger partial charge in [-0.05, 0) is 41.2 Å². The zero-order chi connectivity index (χ0) is 23.0. The van der Waals surface area contributed by atoms with Gasteiger partial charge in [-0.3, -0.25) is 14.4 Å². The Labute approximate surface area is 179 Å². The molecule has 31 heavy (non-hydrogen) atoms. The number of hydrogen-bond donors (Lipinski definition) is 4. The number of primary amides is 2. The van der Waals surface area contributed by atoms with Gasteiger partial charge in [0.1, 0.15) is 12.6 Å². The van der Waals surface area contributed by atoms with Gasteiger partial charge in [-0.25, -0.2) is 4.79 Å². The van der Waals surface area contributed by atoms with Crippen LogP contribution in [0.5, 0.6) is 0 Å². The Morgan fingerprint density at radius 2 is 1.61 bits per heavy atom. The van der Waals surface area contributed by atoms with E-state index in [2.05, 4.69) is 23.5 Å². The Kier molecular flexibility index (Phi) is 8.13. The zero-order valence-corrected chi connectivity index (χ0v) is 17.1. The van der Waals surface area contributed by atoms with Crippen LogP contribution in [0.1, 0.15) is 36.5 Å². The molecule has 2 aromatic carbocycles. The molecule has 0 aliphatic heterocycles. The minimum Gasteiger partial charge on any atom is -0.480 e. The quantitative estimate of drug-likeness (QED) is 0.448. The van der Waals surface area contributed by atoms with Gasteiger partial charge in [0.25, 0.3) is 0 Å². The molecule has 3 amide bonds. The van der Waals surface area contributed by atoms with Gasteiger partial charge in [0.05, 0.1) is 0 Å². The Bertz CT molecular complexity index is 975. The third-order valence-electron chi connectivity index (χ3n) is 4.63. The van der Waals surface area contributed by atoms with Crippen LogP contribution in [0.15, 0.2) is 42.5 Å². The molecule has 0 heterocycles. The van der Waals surface area contributed by atoms with Crippen LogP contribution in [0, 0.1) is 0 Å². The molecule has 0 aromatic heterocycles. The number of benzene rings is 2. The van der Waals surface area contributed by atoms with Crippen molar-refractivity contribution in [1.29, 1.82) is 0 Å². The maximum atomic E-state index is 11.7. The van der Waals surface area contributed by atoms with Crippen molar-refractivity contribution in [2.24, 2.45) is 11.5 Å². The number of nitrogens with one attached hydrogen (secondary N) is 1. The predicted octanol–water partition coefficient (Wildman–Crippen LogP) is 1.69. The molecule has 0 saturated heterocycles. The van der Waals surface area contributed by atoms with Gasteiger partial charge in [0.15, 0.2) is 0 Å². The molecule has 6 N–H and O–H groups in total. The number of hydrogen-bond acceptors (Lipinski definition) is 5. The van der Waals surface area contributed by atoms with Crippen LogP contribution in [-0.2, 0) is 32.1 Å². The van der Waals surface area contributed by atoms with Gasteiger partial charge in [-0.1, -0.05) is 42.5 Å². The molecule has 0 spiro atoms. The third-order valence-corrected chi connectivity index (χ3v) is 4.63. The summed E-state index contributed by atoms with van der Waals surface area (Å²) in [6, 6.07) is 13.2. The average Bonchev–Trinajstić information content (AvgIpc) is 3.10. The van der Waals surface area contributed by atoms with E-state index in [0.29, 0.717) is 0 Å². The van der Waals surface area contributed by atoms with Crippen molar-refractivity contribution in [2.75, 3.05) is 0 Å². The lowest BCUT2D eigenvalue weighted by Crippen LogP contribution is -2.38. The summed E-state index contributed by atoms with van der Waals surface area (Å²) in [6.45, 7) is 1.51. The van der Waals surface area contributed by atoms with Crippen LogP contribution < -0.4 is 16.8 Å². The smallest absolute Gasteiger partial charge is 0.408 e. The highest BCUT2D eigenvalue weighted by molar-refractivity contribution is 5.82. The molecule has 0 saturated carbocycles. The van der Waals surface area contributed by atoms with Gasteiger partial charge in [0.2, 0.25) is 11.8 Å². The number of rotatable bonds is 7. The summed E-state index contributed by atoms with van der Waals surface area (Å²) in [4.78, 5) is 42.2. The van der Waals surface area contributed by atoms with Crippen molar-refractivity contribution in [3.8, 4) is 11.1 Å². The first-order chi connectivity index (χ1) is 14.7. The number of alkyl carbamates (subject to hydrolysis) is 1. The number of carboxylic acid groups (broad SMARTS) is 1. The van der Waals surface area contributed by atoms with Gasteiger partial charge >= 0.3 is 12.1 Å². The minimum atomic E-state index is -1.10. The number of ether oxygens (including phenoxy) is 1. The van der Waals surface area contributed by atoms with Crippen molar-refractivity contribution < 1.29 is 29.0 Å². The van der Waals surface area contributed by atoms with E-state index in [-0.39, 0.29) is 19.4 Å². The molecule has 1 aliphatic carbocycles. The number of carbonyl (C=O) groups is 4. The molecule has 2 aromatic rings. The van der Waals surface area contributed by atoms with Gasteiger partial charge in [0, 0.05) is 12.8 Å². The average molecular weight is 427 g/mol. The van der Waals surface area contributed by atoms with Crippen molar-refractivity contribution in [1.82, 2.24) is 5.32 Å². The minimum absolute atomic E-state index is 0.0509. The molecule has 9 nitrogen and oxygen atoms in total. The molecular weight excluding hydrogens is 402 g/mol. The first kappa shape index (κ1) is 23.4. The summed E-state index contributed by atoms with van der Waals surface area (Å²) in [5, 5.41) is 11.0. The fraction of sp³-hybridized carbons (Fsp3) is 0.273. The number of carboxylic acids is 1. The number of fused-ring (bicyclic) bond motifs is 3. The number of aliphatic carboxylic acids is 1. The Morgan fingerprint density at radius 1 is 1.00 bits per heavy atom. The molecule has 164 valence electrons. The summed E-state index contributed by atoms with van der Waals surface area (Å²) in [7, 11) is 0. The molecule has 0 bridgehead atoms. The normalized spacial score (nSPS) is 11.8. The number of carbonyl (C=O) groups excluding carboxylic acids is 3. The van der Waals surface area contributed by atoms with Crippen molar-refractivity contribution in [3.63, 3.8) is 0 Å². The van der Waals surface area contributed by atoms with E-state index in [1.54, 1.807) is 0 Å². The summed E-state index contributed by atoms with van der Waals surface area (Å²) in [6.07, 6.45) is 0.191. The van der Waals surface area contributed by atoms with Crippen LogP contribution in [-0.4, -0.2) is 35.0 Å². The third kappa shape index (κ3) is 6.84. The maximum absolute atomic E-state index is 11.7. The molecule has 9 heteroatoms. The van der Waals surface area contributed by atoms with Crippen molar-refractivity contribution >= 4 is 23.9 Å². The summed E-state index contributed by atoms with van der Waals surface area (Å²) in [5.74, 6) is -2.09. The van der Waals surface area contributed by atoms with Crippen molar-refractivity contribution in [3.05, 3.63) is 59.2 Å². The lowest BCUT2D eigenvalue weighted by molar-refractivity contribution is -0.138.